The molecule has 0 bridgehead atoms. The summed E-state index contributed by atoms with van der Waals surface area (Å²) in [7, 11) is 0. The first-order valence-electron chi connectivity index (χ1n) is 4.58. The van der Waals surface area contributed by atoms with E-state index in [0.717, 1.165) is 31.8 Å². The van der Waals surface area contributed by atoms with E-state index in [4.69, 9.17) is 0 Å². The molecule has 0 aromatic rings. The second kappa shape index (κ2) is 4.31. The van der Waals surface area contributed by atoms with Crippen molar-refractivity contribution in [2.75, 3.05) is 19.6 Å². The molecule has 2 N–H and O–H groups in total. The van der Waals surface area contributed by atoms with Gasteiger partial charge in [-0.2, -0.15) is 0 Å². The van der Waals surface area contributed by atoms with Crippen LogP contribution in [-0.4, -0.2) is 19.6 Å². The van der Waals surface area contributed by atoms with E-state index in [0.29, 0.717) is 0 Å². The molecule has 0 saturated heterocycles. The molecule has 0 spiro atoms. The molecule has 0 atom stereocenters. The summed E-state index contributed by atoms with van der Waals surface area (Å²) >= 11 is 0. The summed E-state index contributed by atoms with van der Waals surface area (Å²) in [5.41, 5.74) is 3.92. The lowest BCUT2D eigenvalue weighted by atomic mass is 10.0. The van der Waals surface area contributed by atoms with Crippen LogP contribution in [-0.2, 0) is 0 Å². The van der Waals surface area contributed by atoms with Crippen LogP contribution in [0.15, 0.2) is 23.4 Å². The Balaban J connectivity index is 2.64. The number of hydrogen-bond acceptors (Lipinski definition) is 2. The third-order valence-corrected chi connectivity index (χ3v) is 2.25. The van der Waals surface area contributed by atoms with Gasteiger partial charge in [0.25, 0.3) is 0 Å². The molecular weight excluding hydrogens is 148 g/mol. The molecule has 0 aromatic heterocycles. The van der Waals surface area contributed by atoms with Gasteiger partial charge in [0, 0.05) is 18.8 Å². The molecule has 1 aliphatic rings. The maximum atomic E-state index is 4.01. The molecule has 2 nitrogen and oxygen atoms in total. The molecule has 1 aliphatic heterocycles. The van der Waals surface area contributed by atoms with E-state index < -0.39 is 0 Å². The van der Waals surface area contributed by atoms with Crippen LogP contribution in [0.25, 0.3) is 0 Å². The highest BCUT2D eigenvalue weighted by Crippen LogP contribution is 2.16. The smallest absolute Gasteiger partial charge is 0.0312 e. The van der Waals surface area contributed by atoms with Crippen molar-refractivity contribution < 1.29 is 0 Å². The Hall–Kier alpha value is -0.760. The highest BCUT2D eigenvalue weighted by molar-refractivity contribution is 5.34. The van der Waals surface area contributed by atoms with Crippen LogP contribution in [0.1, 0.15) is 20.3 Å². The molecule has 0 amide bonds. The van der Waals surface area contributed by atoms with Gasteiger partial charge in [-0.3, -0.25) is 0 Å². The Morgan fingerprint density at radius 2 is 2.42 bits per heavy atom. The number of rotatable bonds is 3. The Morgan fingerprint density at radius 3 is 3.00 bits per heavy atom. The largest absolute Gasteiger partial charge is 0.386 e. The highest BCUT2D eigenvalue weighted by atomic mass is 14.9. The van der Waals surface area contributed by atoms with Gasteiger partial charge >= 0.3 is 0 Å². The SMILES string of the molecule is C=C(NCC)C1=C(C)CCNC1. The van der Waals surface area contributed by atoms with Crippen molar-refractivity contribution in [3.63, 3.8) is 0 Å². The highest BCUT2D eigenvalue weighted by Gasteiger charge is 2.10. The van der Waals surface area contributed by atoms with Gasteiger partial charge in [0.1, 0.15) is 0 Å². The Bertz CT molecular complexity index is 204. The van der Waals surface area contributed by atoms with E-state index in [1.54, 1.807) is 0 Å². The topological polar surface area (TPSA) is 24.1 Å². The van der Waals surface area contributed by atoms with E-state index in [2.05, 4.69) is 31.1 Å². The zero-order valence-corrected chi connectivity index (χ0v) is 8.04. The van der Waals surface area contributed by atoms with Crippen molar-refractivity contribution in [2.24, 2.45) is 0 Å². The van der Waals surface area contributed by atoms with E-state index in [1.807, 2.05) is 0 Å². The second-order valence-corrected chi connectivity index (χ2v) is 3.19. The van der Waals surface area contributed by atoms with Crippen LogP contribution in [0, 0.1) is 0 Å². The molecule has 68 valence electrons. The molecule has 0 aromatic carbocycles. The predicted octanol–water partition coefficient (Wildman–Crippen LogP) is 1.42. The van der Waals surface area contributed by atoms with Gasteiger partial charge in [0.2, 0.25) is 0 Å². The number of likely N-dealkylation sites (N-methyl/N-ethyl adjacent to an activating group) is 1. The molecule has 1 rings (SSSR count). The molecule has 0 radical (unpaired) electrons. The van der Waals surface area contributed by atoms with Crippen molar-refractivity contribution in [3.8, 4) is 0 Å². The fourth-order valence-electron chi connectivity index (χ4n) is 1.48. The van der Waals surface area contributed by atoms with Crippen LogP contribution >= 0.6 is 0 Å². The maximum Gasteiger partial charge on any atom is 0.0312 e. The molecule has 0 saturated carbocycles. The van der Waals surface area contributed by atoms with Gasteiger partial charge < -0.3 is 10.6 Å². The summed E-state index contributed by atoms with van der Waals surface area (Å²) < 4.78 is 0. The van der Waals surface area contributed by atoms with Gasteiger partial charge in [0.15, 0.2) is 0 Å². The second-order valence-electron chi connectivity index (χ2n) is 3.19. The van der Waals surface area contributed by atoms with E-state index in [-0.39, 0.29) is 0 Å². The molecule has 1 heterocycles. The van der Waals surface area contributed by atoms with Gasteiger partial charge in [-0.05, 0) is 32.4 Å². The van der Waals surface area contributed by atoms with Crippen LogP contribution < -0.4 is 10.6 Å². The van der Waals surface area contributed by atoms with E-state index >= 15 is 0 Å². The summed E-state index contributed by atoms with van der Waals surface area (Å²) in [5.74, 6) is 0. The van der Waals surface area contributed by atoms with E-state index in [9.17, 15) is 0 Å². The van der Waals surface area contributed by atoms with Crippen molar-refractivity contribution in [1.82, 2.24) is 10.6 Å². The average molecular weight is 166 g/mol. The van der Waals surface area contributed by atoms with Gasteiger partial charge in [0.05, 0.1) is 0 Å². The first-order valence-corrected chi connectivity index (χ1v) is 4.58. The average Bonchev–Trinajstić information content (AvgIpc) is 2.05. The standard InChI is InChI=1S/C10H18N2/c1-4-12-9(3)10-7-11-6-5-8(10)2/h11-12H,3-7H2,1-2H3. The number of hydrogen-bond donors (Lipinski definition) is 2. The molecule has 12 heavy (non-hydrogen) atoms. The summed E-state index contributed by atoms with van der Waals surface area (Å²) in [4.78, 5) is 0. The zero-order valence-electron chi connectivity index (χ0n) is 8.04. The quantitative estimate of drug-likeness (QED) is 0.662. The Kier molecular flexibility index (Phi) is 3.35. The normalized spacial score (nSPS) is 17.8. The molecule has 0 aliphatic carbocycles. The Morgan fingerprint density at radius 1 is 1.67 bits per heavy atom. The molecular formula is C10H18N2. The third-order valence-electron chi connectivity index (χ3n) is 2.25. The lowest BCUT2D eigenvalue weighted by Crippen LogP contribution is -2.28. The van der Waals surface area contributed by atoms with Crippen molar-refractivity contribution in [1.29, 1.82) is 0 Å². The van der Waals surface area contributed by atoms with Gasteiger partial charge in [-0.15, -0.1) is 0 Å². The summed E-state index contributed by atoms with van der Waals surface area (Å²) in [6.07, 6.45) is 1.15. The van der Waals surface area contributed by atoms with E-state index in [1.165, 1.54) is 11.1 Å². The minimum absolute atomic E-state index is 0.954. The fourth-order valence-corrected chi connectivity index (χ4v) is 1.48. The molecule has 0 unspecified atom stereocenters. The van der Waals surface area contributed by atoms with Crippen molar-refractivity contribution in [3.05, 3.63) is 23.4 Å². The minimum Gasteiger partial charge on any atom is -0.386 e. The van der Waals surface area contributed by atoms with Crippen LogP contribution in [0.5, 0.6) is 0 Å². The van der Waals surface area contributed by atoms with Crippen LogP contribution in [0.3, 0.4) is 0 Å². The molecule has 2 heteroatoms. The maximum absolute atomic E-state index is 4.01. The van der Waals surface area contributed by atoms with Crippen LogP contribution in [0.2, 0.25) is 0 Å². The fraction of sp³-hybridized carbons (Fsp3) is 0.600. The third kappa shape index (κ3) is 2.11. The van der Waals surface area contributed by atoms with Crippen LogP contribution in [0.4, 0.5) is 0 Å². The zero-order chi connectivity index (χ0) is 8.97. The number of nitrogens with one attached hydrogen (secondary N) is 2. The first kappa shape index (κ1) is 9.33. The summed E-state index contributed by atoms with van der Waals surface area (Å²) in [5, 5.41) is 6.60. The van der Waals surface area contributed by atoms with Crippen molar-refractivity contribution in [2.45, 2.75) is 20.3 Å². The lowest BCUT2D eigenvalue weighted by molar-refractivity contribution is 0.669. The summed E-state index contributed by atoms with van der Waals surface area (Å²) in [6, 6.07) is 0. The monoisotopic (exact) mass is 166 g/mol. The van der Waals surface area contributed by atoms with Crippen molar-refractivity contribution >= 4 is 0 Å². The minimum atomic E-state index is 0.954. The molecule has 0 fully saturated rings. The summed E-state index contributed by atoms with van der Waals surface area (Å²) in [6.45, 7) is 11.3. The van der Waals surface area contributed by atoms with Gasteiger partial charge in [-0.25, -0.2) is 0 Å². The first-order chi connectivity index (χ1) is 5.75. The lowest BCUT2D eigenvalue weighted by Gasteiger charge is -2.21. The van der Waals surface area contributed by atoms with Gasteiger partial charge in [-0.1, -0.05) is 12.2 Å². The Labute approximate surface area is 74.7 Å². The predicted molar refractivity (Wildman–Crippen MR) is 53.0 cm³/mol.